The number of benzene rings is 1. The monoisotopic (exact) mass is 264 g/mol. The lowest BCUT2D eigenvalue weighted by molar-refractivity contribution is 0.456. The van der Waals surface area contributed by atoms with E-state index in [4.69, 9.17) is 4.42 Å². The molecule has 1 atom stereocenters. The molecule has 1 aromatic carbocycles. The van der Waals surface area contributed by atoms with Gasteiger partial charge in [0.1, 0.15) is 17.6 Å². The van der Waals surface area contributed by atoms with E-state index in [1.54, 1.807) is 0 Å². The smallest absolute Gasteiger partial charge is 0.132 e. The summed E-state index contributed by atoms with van der Waals surface area (Å²) in [5, 5.41) is 3.58. The molecule has 3 heteroatoms. The van der Waals surface area contributed by atoms with Crippen molar-refractivity contribution in [1.29, 1.82) is 0 Å². The lowest BCUT2D eigenvalue weighted by Gasteiger charge is -2.28. The molecule has 2 aromatic heterocycles. The number of fused-ring (bicyclic) bond motifs is 3. The minimum absolute atomic E-state index is 0.0696. The highest BCUT2D eigenvalue weighted by Gasteiger charge is 2.26. The lowest BCUT2D eigenvalue weighted by atomic mass is 10.1. The quantitative estimate of drug-likeness (QED) is 0.753. The van der Waals surface area contributed by atoms with Crippen molar-refractivity contribution >= 4 is 5.69 Å². The molecule has 3 nitrogen and oxygen atoms in total. The van der Waals surface area contributed by atoms with Crippen LogP contribution in [0.4, 0.5) is 5.69 Å². The molecular weight excluding hydrogens is 248 g/mol. The Morgan fingerprint density at radius 2 is 2.00 bits per heavy atom. The third-order valence-electron chi connectivity index (χ3n) is 3.85. The zero-order valence-corrected chi connectivity index (χ0v) is 11.3. The van der Waals surface area contributed by atoms with Crippen molar-refractivity contribution in [3.8, 4) is 5.69 Å². The van der Waals surface area contributed by atoms with Gasteiger partial charge in [-0.15, -0.1) is 0 Å². The summed E-state index contributed by atoms with van der Waals surface area (Å²) >= 11 is 0. The summed E-state index contributed by atoms with van der Waals surface area (Å²) in [5.41, 5.74) is 3.53. The Kier molecular flexibility index (Phi) is 2.46. The van der Waals surface area contributed by atoms with Crippen molar-refractivity contribution in [3.05, 3.63) is 71.9 Å². The Morgan fingerprint density at radius 3 is 2.85 bits per heavy atom. The minimum Gasteiger partial charge on any atom is -0.463 e. The van der Waals surface area contributed by atoms with Gasteiger partial charge in [-0.2, -0.15) is 0 Å². The summed E-state index contributed by atoms with van der Waals surface area (Å²) < 4.78 is 8.16. The second kappa shape index (κ2) is 4.30. The largest absolute Gasteiger partial charge is 0.463 e. The second-order valence-corrected chi connectivity index (χ2v) is 5.06. The molecule has 1 unspecified atom stereocenters. The molecule has 3 aromatic rings. The lowest BCUT2D eigenvalue weighted by Crippen LogP contribution is -2.21. The van der Waals surface area contributed by atoms with Crippen molar-refractivity contribution in [2.24, 2.45) is 0 Å². The number of aryl methyl sites for hydroxylation is 1. The third kappa shape index (κ3) is 1.59. The Labute approximate surface area is 117 Å². The fourth-order valence-corrected chi connectivity index (χ4v) is 2.84. The molecule has 0 radical (unpaired) electrons. The molecule has 1 aliphatic rings. The van der Waals surface area contributed by atoms with Crippen LogP contribution in [0.15, 0.2) is 59.1 Å². The van der Waals surface area contributed by atoms with Crippen LogP contribution in [0.5, 0.6) is 0 Å². The molecule has 0 fully saturated rings. The summed E-state index contributed by atoms with van der Waals surface area (Å²) in [5.74, 6) is 2.00. The predicted molar refractivity (Wildman–Crippen MR) is 79.3 cm³/mol. The van der Waals surface area contributed by atoms with Crippen LogP contribution in [0.2, 0.25) is 0 Å². The zero-order chi connectivity index (χ0) is 13.5. The fourth-order valence-electron chi connectivity index (χ4n) is 2.84. The van der Waals surface area contributed by atoms with Crippen LogP contribution in [0, 0.1) is 0 Å². The van der Waals surface area contributed by atoms with Crippen molar-refractivity contribution in [2.45, 2.75) is 19.4 Å². The molecule has 0 amide bonds. The van der Waals surface area contributed by atoms with Gasteiger partial charge in [0.15, 0.2) is 0 Å². The fraction of sp³-hybridized carbons (Fsp3) is 0.176. The van der Waals surface area contributed by atoms with Gasteiger partial charge in [-0.3, -0.25) is 0 Å². The van der Waals surface area contributed by atoms with Gasteiger partial charge in [0.2, 0.25) is 0 Å². The minimum atomic E-state index is 0.0696. The number of para-hydroxylation sites is 2. The van der Waals surface area contributed by atoms with E-state index in [-0.39, 0.29) is 6.04 Å². The molecule has 0 aliphatic carbocycles. The van der Waals surface area contributed by atoms with Gasteiger partial charge in [0.25, 0.3) is 0 Å². The third-order valence-corrected chi connectivity index (χ3v) is 3.85. The van der Waals surface area contributed by atoms with E-state index in [2.05, 4.69) is 71.5 Å². The molecule has 4 rings (SSSR count). The Bertz CT molecular complexity index is 754. The van der Waals surface area contributed by atoms with Crippen molar-refractivity contribution in [2.75, 3.05) is 5.32 Å². The van der Waals surface area contributed by atoms with Gasteiger partial charge in [-0.05, 0) is 36.4 Å². The van der Waals surface area contributed by atoms with E-state index >= 15 is 0 Å². The normalized spacial score (nSPS) is 16.4. The maximum absolute atomic E-state index is 5.94. The highest BCUT2D eigenvalue weighted by Crippen LogP contribution is 2.37. The second-order valence-electron chi connectivity index (χ2n) is 5.06. The Hall–Kier alpha value is -2.42. The molecular formula is C17H16N2O. The molecule has 0 saturated carbocycles. The number of rotatable bonds is 2. The number of aromatic nitrogens is 1. The summed E-state index contributed by atoms with van der Waals surface area (Å²) in [4.78, 5) is 0. The van der Waals surface area contributed by atoms with Gasteiger partial charge in [-0.1, -0.05) is 19.1 Å². The first-order chi connectivity index (χ1) is 9.86. The zero-order valence-electron chi connectivity index (χ0n) is 11.3. The van der Waals surface area contributed by atoms with Crippen molar-refractivity contribution < 1.29 is 4.42 Å². The highest BCUT2D eigenvalue weighted by atomic mass is 16.3. The number of anilines is 1. The van der Waals surface area contributed by atoms with Gasteiger partial charge in [0, 0.05) is 12.6 Å². The Balaban J connectivity index is 1.85. The maximum Gasteiger partial charge on any atom is 0.132 e. The molecule has 1 N–H and O–H groups in total. The topological polar surface area (TPSA) is 30.1 Å². The van der Waals surface area contributed by atoms with E-state index < -0.39 is 0 Å². The summed E-state index contributed by atoms with van der Waals surface area (Å²) in [6.45, 7) is 2.11. The molecule has 0 spiro atoms. The number of nitrogens with one attached hydrogen (secondary N) is 1. The number of furan rings is 1. The maximum atomic E-state index is 5.94. The average molecular weight is 264 g/mol. The SMILES string of the molecule is CCc1ccc(C2Nc3ccccc3-n3cccc32)o1. The van der Waals surface area contributed by atoms with E-state index in [0.717, 1.165) is 23.6 Å². The Morgan fingerprint density at radius 1 is 1.10 bits per heavy atom. The van der Waals surface area contributed by atoms with Crippen LogP contribution < -0.4 is 5.32 Å². The van der Waals surface area contributed by atoms with Crippen LogP contribution in [-0.2, 0) is 6.42 Å². The van der Waals surface area contributed by atoms with Crippen LogP contribution in [0.25, 0.3) is 5.69 Å². The van der Waals surface area contributed by atoms with E-state index in [1.165, 1.54) is 11.4 Å². The summed E-state index contributed by atoms with van der Waals surface area (Å²) in [7, 11) is 0. The summed E-state index contributed by atoms with van der Waals surface area (Å²) in [6, 6.07) is 16.8. The standard InChI is InChI=1S/C17H16N2O/c1-2-12-9-10-16(20-12)17-15-8-5-11-19(15)14-7-4-3-6-13(14)18-17/h3-11,17-18H,2H2,1H3. The molecule has 0 saturated heterocycles. The molecule has 20 heavy (non-hydrogen) atoms. The van der Waals surface area contributed by atoms with Crippen molar-refractivity contribution in [3.63, 3.8) is 0 Å². The number of hydrogen-bond donors (Lipinski definition) is 1. The first kappa shape index (κ1) is 11.4. The molecule has 0 bridgehead atoms. The average Bonchev–Trinajstić information content (AvgIpc) is 3.15. The van der Waals surface area contributed by atoms with Crippen LogP contribution in [0.3, 0.4) is 0 Å². The van der Waals surface area contributed by atoms with Crippen molar-refractivity contribution in [1.82, 2.24) is 4.57 Å². The molecule has 1 aliphatic heterocycles. The van der Waals surface area contributed by atoms with E-state index in [1.807, 2.05) is 0 Å². The molecule has 100 valence electrons. The van der Waals surface area contributed by atoms with Gasteiger partial charge >= 0.3 is 0 Å². The number of hydrogen-bond acceptors (Lipinski definition) is 2. The highest BCUT2D eigenvalue weighted by molar-refractivity contribution is 5.66. The van der Waals surface area contributed by atoms with Gasteiger partial charge in [-0.25, -0.2) is 0 Å². The van der Waals surface area contributed by atoms with E-state index in [9.17, 15) is 0 Å². The van der Waals surface area contributed by atoms with E-state index in [0.29, 0.717) is 0 Å². The van der Waals surface area contributed by atoms with Crippen LogP contribution >= 0.6 is 0 Å². The van der Waals surface area contributed by atoms with Gasteiger partial charge in [0.05, 0.1) is 17.1 Å². The predicted octanol–water partition coefficient (Wildman–Crippen LogP) is 4.15. The molecule has 3 heterocycles. The van der Waals surface area contributed by atoms with Crippen LogP contribution in [-0.4, -0.2) is 4.57 Å². The number of nitrogens with zero attached hydrogens (tertiary/aromatic N) is 1. The summed E-state index contributed by atoms with van der Waals surface area (Å²) in [6.07, 6.45) is 3.02. The first-order valence-electron chi connectivity index (χ1n) is 6.98. The van der Waals surface area contributed by atoms with Gasteiger partial charge < -0.3 is 14.3 Å². The van der Waals surface area contributed by atoms with Crippen LogP contribution in [0.1, 0.15) is 30.2 Å². The first-order valence-corrected chi connectivity index (χ1v) is 6.98.